The SMILES string of the molecule is Cc1nc(CN)sc1-c1ccnc(C(C)(C)C)n1. The minimum Gasteiger partial charge on any atom is -0.325 e. The fourth-order valence-electron chi connectivity index (χ4n) is 1.62. The Labute approximate surface area is 111 Å². The maximum Gasteiger partial charge on any atom is 0.134 e. The average Bonchev–Trinajstić information content (AvgIpc) is 2.70. The van der Waals surface area contributed by atoms with E-state index in [0.29, 0.717) is 6.54 Å². The summed E-state index contributed by atoms with van der Waals surface area (Å²) in [7, 11) is 0. The fraction of sp³-hybridized carbons (Fsp3) is 0.462. The molecule has 18 heavy (non-hydrogen) atoms. The average molecular weight is 262 g/mol. The van der Waals surface area contributed by atoms with Crippen LogP contribution in [-0.4, -0.2) is 15.0 Å². The van der Waals surface area contributed by atoms with Gasteiger partial charge in [0.15, 0.2) is 0 Å². The second kappa shape index (κ2) is 4.74. The van der Waals surface area contributed by atoms with Crippen molar-refractivity contribution in [3.8, 4) is 10.6 Å². The lowest BCUT2D eigenvalue weighted by atomic mass is 9.95. The number of thiazole rings is 1. The normalized spacial score (nSPS) is 11.8. The molecular formula is C13H18N4S. The number of hydrogen-bond donors (Lipinski definition) is 1. The molecule has 2 heterocycles. The molecular weight excluding hydrogens is 244 g/mol. The predicted molar refractivity (Wildman–Crippen MR) is 74.5 cm³/mol. The van der Waals surface area contributed by atoms with Crippen molar-refractivity contribution in [2.45, 2.75) is 39.7 Å². The third kappa shape index (κ3) is 2.57. The monoisotopic (exact) mass is 262 g/mol. The highest BCUT2D eigenvalue weighted by atomic mass is 32.1. The van der Waals surface area contributed by atoms with Gasteiger partial charge in [-0.25, -0.2) is 15.0 Å². The zero-order chi connectivity index (χ0) is 13.3. The summed E-state index contributed by atoms with van der Waals surface area (Å²) in [4.78, 5) is 14.5. The molecule has 0 radical (unpaired) electrons. The van der Waals surface area contributed by atoms with Gasteiger partial charge in [-0.2, -0.15) is 0 Å². The van der Waals surface area contributed by atoms with Crippen LogP contribution in [0, 0.1) is 6.92 Å². The summed E-state index contributed by atoms with van der Waals surface area (Å²) in [6.07, 6.45) is 1.81. The molecule has 96 valence electrons. The lowest BCUT2D eigenvalue weighted by Gasteiger charge is -2.16. The van der Waals surface area contributed by atoms with Crippen molar-refractivity contribution in [1.29, 1.82) is 0 Å². The van der Waals surface area contributed by atoms with Crippen LogP contribution < -0.4 is 5.73 Å². The Hall–Kier alpha value is -1.33. The van der Waals surface area contributed by atoms with Crippen LogP contribution in [0.3, 0.4) is 0 Å². The molecule has 2 aromatic heterocycles. The largest absolute Gasteiger partial charge is 0.325 e. The fourth-order valence-corrected chi connectivity index (χ4v) is 2.54. The molecule has 5 heteroatoms. The molecule has 4 nitrogen and oxygen atoms in total. The predicted octanol–water partition coefficient (Wildman–Crippen LogP) is 2.66. The van der Waals surface area contributed by atoms with Crippen LogP contribution >= 0.6 is 11.3 Å². The van der Waals surface area contributed by atoms with Crippen LogP contribution in [-0.2, 0) is 12.0 Å². The molecule has 0 bridgehead atoms. The van der Waals surface area contributed by atoms with Crippen molar-refractivity contribution in [2.24, 2.45) is 5.73 Å². The van der Waals surface area contributed by atoms with Crippen molar-refractivity contribution >= 4 is 11.3 Å². The van der Waals surface area contributed by atoms with Gasteiger partial charge < -0.3 is 5.73 Å². The highest BCUT2D eigenvalue weighted by molar-refractivity contribution is 7.15. The van der Waals surface area contributed by atoms with Gasteiger partial charge in [0.25, 0.3) is 0 Å². The van der Waals surface area contributed by atoms with E-state index in [-0.39, 0.29) is 5.41 Å². The third-order valence-corrected chi connectivity index (χ3v) is 3.78. The highest BCUT2D eigenvalue weighted by Gasteiger charge is 2.19. The maximum atomic E-state index is 5.62. The van der Waals surface area contributed by atoms with Gasteiger partial charge in [0.2, 0.25) is 0 Å². The molecule has 0 amide bonds. The van der Waals surface area contributed by atoms with Crippen LogP contribution in [0.5, 0.6) is 0 Å². The number of nitrogens with two attached hydrogens (primary N) is 1. The van der Waals surface area contributed by atoms with Gasteiger partial charge in [0.1, 0.15) is 10.8 Å². The van der Waals surface area contributed by atoms with Crippen LogP contribution in [0.15, 0.2) is 12.3 Å². The summed E-state index contributed by atoms with van der Waals surface area (Å²) >= 11 is 1.61. The van der Waals surface area contributed by atoms with Gasteiger partial charge in [-0.1, -0.05) is 20.8 Å². The van der Waals surface area contributed by atoms with E-state index in [4.69, 9.17) is 5.73 Å². The first kappa shape index (κ1) is 13.1. The first-order valence-electron chi connectivity index (χ1n) is 5.92. The van der Waals surface area contributed by atoms with Crippen LogP contribution in [0.2, 0.25) is 0 Å². The number of nitrogens with zero attached hydrogens (tertiary/aromatic N) is 3. The topological polar surface area (TPSA) is 64.7 Å². The van der Waals surface area contributed by atoms with Crippen molar-refractivity contribution < 1.29 is 0 Å². The Bertz CT molecular complexity index is 554. The second-order valence-corrected chi connectivity index (χ2v) is 6.33. The summed E-state index contributed by atoms with van der Waals surface area (Å²) in [5, 5.41) is 0.943. The summed E-state index contributed by atoms with van der Waals surface area (Å²) in [6, 6.07) is 1.93. The smallest absolute Gasteiger partial charge is 0.134 e. The molecule has 2 aromatic rings. The van der Waals surface area contributed by atoms with Gasteiger partial charge in [0, 0.05) is 18.2 Å². The van der Waals surface area contributed by atoms with E-state index in [0.717, 1.165) is 27.1 Å². The van der Waals surface area contributed by atoms with Crippen molar-refractivity contribution in [2.75, 3.05) is 0 Å². The number of aromatic nitrogens is 3. The van der Waals surface area contributed by atoms with Crippen LogP contribution in [0.25, 0.3) is 10.6 Å². The molecule has 2 N–H and O–H groups in total. The minimum absolute atomic E-state index is 0.0503. The van der Waals surface area contributed by atoms with Crippen LogP contribution in [0.1, 0.15) is 37.3 Å². The Balaban J connectivity index is 2.47. The zero-order valence-electron chi connectivity index (χ0n) is 11.2. The number of aryl methyl sites for hydroxylation is 1. The Morgan fingerprint density at radius 3 is 2.56 bits per heavy atom. The van der Waals surface area contributed by atoms with E-state index in [9.17, 15) is 0 Å². The maximum absolute atomic E-state index is 5.62. The van der Waals surface area contributed by atoms with Crippen LogP contribution in [0.4, 0.5) is 0 Å². The second-order valence-electron chi connectivity index (χ2n) is 5.24. The number of rotatable bonds is 2. The molecule has 0 aliphatic heterocycles. The molecule has 0 atom stereocenters. The molecule has 0 spiro atoms. The van der Waals surface area contributed by atoms with E-state index in [2.05, 4.69) is 35.7 Å². The standard InChI is InChI=1S/C13H18N4S/c1-8-11(18-10(7-14)16-8)9-5-6-15-12(17-9)13(2,3)4/h5-6H,7,14H2,1-4H3. The van der Waals surface area contributed by atoms with E-state index in [1.807, 2.05) is 19.2 Å². The Kier molecular flexibility index (Phi) is 3.45. The molecule has 0 unspecified atom stereocenters. The van der Waals surface area contributed by atoms with Gasteiger partial charge in [-0.15, -0.1) is 11.3 Å². The lowest BCUT2D eigenvalue weighted by molar-refractivity contribution is 0.546. The molecule has 0 aliphatic rings. The Morgan fingerprint density at radius 2 is 2.00 bits per heavy atom. The zero-order valence-corrected chi connectivity index (χ0v) is 12.0. The first-order valence-corrected chi connectivity index (χ1v) is 6.73. The van der Waals surface area contributed by atoms with Gasteiger partial charge >= 0.3 is 0 Å². The van der Waals surface area contributed by atoms with E-state index < -0.39 is 0 Å². The van der Waals surface area contributed by atoms with E-state index in [1.54, 1.807) is 11.3 Å². The highest BCUT2D eigenvalue weighted by Crippen LogP contribution is 2.29. The number of hydrogen-bond acceptors (Lipinski definition) is 5. The van der Waals surface area contributed by atoms with E-state index in [1.165, 1.54) is 0 Å². The summed E-state index contributed by atoms with van der Waals surface area (Å²) in [6.45, 7) is 8.79. The molecule has 0 saturated heterocycles. The molecule has 0 aliphatic carbocycles. The summed E-state index contributed by atoms with van der Waals surface area (Å²) in [5.41, 5.74) is 7.49. The van der Waals surface area contributed by atoms with Gasteiger partial charge in [-0.05, 0) is 13.0 Å². The molecule has 2 rings (SSSR count). The van der Waals surface area contributed by atoms with Crippen molar-refractivity contribution in [3.05, 3.63) is 28.8 Å². The molecule has 0 aromatic carbocycles. The van der Waals surface area contributed by atoms with Crippen molar-refractivity contribution in [1.82, 2.24) is 15.0 Å². The molecule has 0 saturated carbocycles. The van der Waals surface area contributed by atoms with Crippen molar-refractivity contribution in [3.63, 3.8) is 0 Å². The quantitative estimate of drug-likeness (QED) is 0.903. The first-order chi connectivity index (χ1) is 8.41. The Morgan fingerprint density at radius 1 is 1.28 bits per heavy atom. The minimum atomic E-state index is -0.0503. The van der Waals surface area contributed by atoms with Gasteiger partial charge in [0.05, 0.1) is 16.3 Å². The lowest BCUT2D eigenvalue weighted by Crippen LogP contribution is -2.15. The third-order valence-electron chi connectivity index (χ3n) is 2.57. The summed E-state index contributed by atoms with van der Waals surface area (Å²) in [5.74, 6) is 0.849. The molecule has 0 fully saturated rings. The van der Waals surface area contributed by atoms with Gasteiger partial charge in [-0.3, -0.25) is 0 Å². The summed E-state index contributed by atoms with van der Waals surface area (Å²) < 4.78 is 0. The van der Waals surface area contributed by atoms with E-state index >= 15 is 0 Å².